The van der Waals surface area contributed by atoms with Crippen LogP contribution in [0.15, 0.2) is 29.3 Å². The number of nitrogens with zero attached hydrogens (tertiary/aromatic N) is 3. The number of hydrogen-bond donors (Lipinski definition) is 1. The highest BCUT2D eigenvalue weighted by Crippen LogP contribution is 2.19. The van der Waals surface area contributed by atoms with E-state index in [0.717, 1.165) is 44.0 Å². The van der Waals surface area contributed by atoms with Gasteiger partial charge in [-0.25, -0.2) is 4.99 Å². The van der Waals surface area contributed by atoms with Gasteiger partial charge in [0.2, 0.25) is 0 Å². The van der Waals surface area contributed by atoms with Crippen LogP contribution in [0.2, 0.25) is 0 Å². The summed E-state index contributed by atoms with van der Waals surface area (Å²) in [5.74, 6) is 0.595. The zero-order valence-electron chi connectivity index (χ0n) is 15.3. The molecule has 8 heteroatoms. The summed E-state index contributed by atoms with van der Waals surface area (Å²) in [6, 6.07) is 6.51. The summed E-state index contributed by atoms with van der Waals surface area (Å²) in [5.41, 5.74) is 0.856. The topological polar surface area (TPSA) is 97.1 Å². The number of benzene rings is 1. The minimum absolute atomic E-state index is 0.0501. The Kier molecular flexibility index (Phi) is 7.37. The average molecular weight is 362 g/mol. The average Bonchev–Trinajstić information content (AvgIpc) is 2.65. The predicted molar refractivity (Wildman–Crippen MR) is 98.8 cm³/mol. The molecule has 0 amide bonds. The van der Waals surface area contributed by atoms with E-state index in [1.165, 1.54) is 6.07 Å². The lowest BCUT2D eigenvalue weighted by molar-refractivity contribution is -0.384. The summed E-state index contributed by atoms with van der Waals surface area (Å²) in [4.78, 5) is 29.1. The highest BCUT2D eigenvalue weighted by molar-refractivity contribution is 5.80. The third-order valence-electron chi connectivity index (χ3n) is 4.28. The van der Waals surface area contributed by atoms with E-state index in [0.29, 0.717) is 13.2 Å². The normalized spacial score (nSPS) is 15.6. The predicted octanol–water partition coefficient (Wildman–Crippen LogP) is 2.34. The molecule has 26 heavy (non-hydrogen) atoms. The van der Waals surface area contributed by atoms with Crippen molar-refractivity contribution in [3.63, 3.8) is 0 Å². The second kappa shape index (κ2) is 9.74. The van der Waals surface area contributed by atoms with Crippen LogP contribution in [0.1, 0.15) is 32.3 Å². The molecule has 0 unspecified atom stereocenters. The summed E-state index contributed by atoms with van der Waals surface area (Å²) in [7, 11) is 0. The fourth-order valence-corrected chi connectivity index (χ4v) is 2.95. The van der Waals surface area contributed by atoms with Crippen LogP contribution in [-0.4, -0.2) is 48.0 Å². The quantitative estimate of drug-likeness (QED) is 0.274. The SMILES string of the molecule is CCNC(=NCc1cccc([N+](=O)[O-])c1)N1CCC(C(=O)OCC)CC1. The van der Waals surface area contributed by atoms with Crippen LogP contribution in [0.3, 0.4) is 0 Å². The molecular formula is C18H26N4O4. The molecule has 0 saturated carbocycles. The van der Waals surface area contributed by atoms with Crippen LogP contribution in [0.4, 0.5) is 5.69 Å². The number of esters is 1. The van der Waals surface area contributed by atoms with Gasteiger partial charge in [0.1, 0.15) is 0 Å². The van der Waals surface area contributed by atoms with Crippen LogP contribution in [0.5, 0.6) is 0 Å². The third-order valence-corrected chi connectivity index (χ3v) is 4.28. The summed E-state index contributed by atoms with van der Waals surface area (Å²) in [6.07, 6.45) is 1.47. The van der Waals surface area contributed by atoms with Crippen molar-refractivity contribution in [3.8, 4) is 0 Å². The fraction of sp³-hybridized carbons (Fsp3) is 0.556. The summed E-state index contributed by atoms with van der Waals surface area (Å²) in [6.45, 7) is 6.76. The Hall–Kier alpha value is -2.64. The van der Waals surface area contributed by atoms with Gasteiger partial charge in [-0.1, -0.05) is 12.1 Å². The van der Waals surface area contributed by atoms with Gasteiger partial charge in [0.05, 0.1) is 24.0 Å². The Morgan fingerprint density at radius 1 is 1.38 bits per heavy atom. The van der Waals surface area contributed by atoms with E-state index in [2.05, 4.69) is 15.2 Å². The summed E-state index contributed by atoms with van der Waals surface area (Å²) in [5, 5.41) is 14.1. The van der Waals surface area contributed by atoms with E-state index in [1.54, 1.807) is 12.1 Å². The molecule has 0 bridgehead atoms. The van der Waals surface area contributed by atoms with E-state index in [-0.39, 0.29) is 17.6 Å². The number of aliphatic imine (C=N–C) groups is 1. The smallest absolute Gasteiger partial charge is 0.309 e. The number of guanidine groups is 1. The minimum Gasteiger partial charge on any atom is -0.466 e. The van der Waals surface area contributed by atoms with Crippen LogP contribution < -0.4 is 5.32 Å². The Morgan fingerprint density at radius 2 is 2.12 bits per heavy atom. The molecule has 1 heterocycles. The van der Waals surface area contributed by atoms with Gasteiger partial charge in [-0.05, 0) is 32.3 Å². The second-order valence-electron chi connectivity index (χ2n) is 6.11. The van der Waals surface area contributed by atoms with E-state index in [4.69, 9.17) is 4.74 Å². The first kappa shape index (κ1) is 19.7. The molecule has 0 aliphatic carbocycles. The van der Waals surface area contributed by atoms with Crippen LogP contribution in [0, 0.1) is 16.0 Å². The van der Waals surface area contributed by atoms with Gasteiger partial charge in [-0.15, -0.1) is 0 Å². The maximum Gasteiger partial charge on any atom is 0.309 e. The van der Waals surface area contributed by atoms with Crippen molar-refractivity contribution in [3.05, 3.63) is 39.9 Å². The number of hydrogen-bond acceptors (Lipinski definition) is 5. The number of piperidine rings is 1. The molecule has 1 aromatic rings. The first-order chi connectivity index (χ1) is 12.5. The molecule has 0 atom stereocenters. The lowest BCUT2D eigenvalue weighted by Gasteiger charge is -2.33. The Balaban J connectivity index is 2.00. The maximum atomic E-state index is 11.9. The number of rotatable bonds is 6. The molecule has 0 aromatic heterocycles. The van der Waals surface area contributed by atoms with E-state index < -0.39 is 4.92 Å². The molecule has 0 radical (unpaired) electrons. The molecule has 2 rings (SSSR count). The van der Waals surface area contributed by atoms with Gasteiger partial charge in [-0.2, -0.15) is 0 Å². The largest absolute Gasteiger partial charge is 0.466 e. The molecule has 1 saturated heterocycles. The van der Waals surface area contributed by atoms with Gasteiger partial charge in [0.15, 0.2) is 5.96 Å². The highest BCUT2D eigenvalue weighted by Gasteiger charge is 2.27. The lowest BCUT2D eigenvalue weighted by Crippen LogP contribution is -2.46. The molecule has 142 valence electrons. The Bertz CT molecular complexity index is 654. The van der Waals surface area contributed by atoms with Crippen LogP contribution >= 0.6 is 0 Å². The molecule has 1 aliphatic rings. The summed E-state index contributed by atoms with van der Waals surface area (Å²) < 4.78 is 5.10. The van der Waals surface area contributed by atoms with Gasteiger partial charge in [0.25, 0.3) is 5.69 Å². The molecule has 1 N–H and O–H groups in total. The first-order valence-corrected chi connectivity index (χ1v) is 8.98. The van der Waals surface area contributed by atoms with Crippen molar-refractivity contribution in [2.24, 2.45) is 10.9 Å². The van der Waals surface area contributed by atoms with Crippen molar-refractivity contribution >= 4 is 17.6 Å². The monoisotopic (exact) mass is 362 g/mol. The van der Waals surface area contributed by atoms with Gasteiger partial charge in [-0.3, -0.25) is 14.9 Å². The third kappa shape index (κ3) is 5.44. The molecular weight excluding hydrogens is 336 g/mol. The zero-order chi connectivity index (χ0) is 18.9. The second-order valence-corrected chi connectivity index (χ2v) is 6.11. The van der Waals surface area contributed by atoms with Crippen molar-refractivity contribution in [1.29, 1.82) is 0 Å². The fourth-order valence-electron chi connectivity index (χ4n) is 2.95. The Morgan fingerprint density at radius 3 is 2.73 bits per heavy atom. The van der Waals surface area contributed by atoms with E-state index in [1.807, 2.05) is 19.9 Å². The molecule has 8 nitrogen and oxygen atoms in total. The summed E-state index contributed by atoms with van der Waals surface area (Å²) >= 11 is 0. The molecule has 0 spiro atoms. The standard InChI is InChI=1S/C18H26N4O4/c1-3-19-18(20-13-14-6-5-7-16(12-14)22(24)25)21-10-8-15(9-11-21)17(23)26-4-2/h5-7,12,15H,3-4,8-11,13H2,1-2H3,(H,19,20). The number of nitro benzene ring substituents is 1. The Labute approximate surface area is 153 Å². The van der Waals surface area contributed by atoms with Crippen LogP contribution in [-0.2, 0) is 16.1 Å². The lowest BCUT2D eigenvalue weighted by atomic mass is 9.97. The highest BCUT2D eigenvalue weighted by atomic mass is 16.6. The van der Waals surface area contributed by atoms with Crippen molar-refractivity contribution in [1.82, 2.24) is 10.2 Å². The number of non-ortho nitro benzene ring substituents is 1. The van der Waals surface area contributed by atoms with Gasteiger partial charge < -0.3 is 15.0 Å². The van der Waals surface area contributed by atoms with Gasteiger partial charge >= 0.3 is 5.97 Å². The number of carbonyl (C=O) groups is 1. The number of nitrogens with one attached hydrogen (secondary N) is 1. The number of carbonyl (C=O) groups excluding carboxylic acids is 1. The molecule has 1 fully saturated rings. The molecule has 1 aliphatic heterocycles. The van der Waals surface area contributed by atoms with Crippen molar-refractivity contribution in [2.75, 3.05) is 26.2 Å². The van der Waals surface area contributed by atoms with Crippen molar-refractivity contribution in [2.45, 2.75) is 33.2 Å². The molecule has 1 aromatic carbocycles. The maximum absolute atomic E-state index is 11.9. The number of likely N-dealkylation sites (tertiary alicyclic amines) is 1. The number of nitro groups is 1. The van der Waals surface area contributed by atoms with Gasteiger partial charge in [0, 0.05) is 31.8 Å². The van der Waals surface area contributed by atoms with E-state index >= 15 is 0 Å². The minimum atomic E-state index is -0.404. The number of ether oxygens (including phenoxy) is 1. The van der Waals surface area contributed by atoms with Crippen molar-refractivity contribution < 1.29 is 14.5 Å². The zero-order valence-corrected chi connectivity index (χ0v) is 15.3. The van der Waals surface area contributed by atoms with Crippen LogP contribution in [0.25, 0.3) is 0 Å². The first-order valence-electron chi connectivity index (χ1n) is 8.98. The van der Waals surface area contributed by atoms with E-state index in [9.17, 15) is 14.9 Å².